The second-order valence-corrected chi connectivity index (χ2v) is 4.38. The number of hydrogen-bond donors (Lipinski definition) is 2. The zero-order valence-electron chi connectivity index (χ0n) is 11.4. The Morgan fingerprint density at radius 2 is 1.74 bits per heavy atom. The molecule has 2 rings (SSSR count). The van der Waals surface area contributed by atoms with Gasteiger partial charge in [0.1, 0.15) is 5.75 Å². The molecule has 0 saturated heterocycles. The largest absolute Gasteiger partial charge is 0.508 e. The van der Waals surface area contributed by atoms with E-state index in [0.29, 0.717) is 0 Å². The van der Waals surface area contributed by atoms with E-state index in [1.807, 2.05) is 24.3 Å². The van der Waals surface area contributed by atoms with Gasteiger partial charge in [-0.25, -0.2) is 0 Å². The Bertz CT molecular complexity index is 545. The van der Waals surface area contributed by atoms with Crippen molar-refractivity contribution in [3.63, 3.8) is 0 Å². The molecule has 0 spiro atoms. The highest BCUT2D eigenvalue weighted by Gasteiger charge is 2.13. The summed E-state index contributed by atoms with van der Waals surface area (Å²) >= 11 is 0. The monoisotopic (exact) mass is 255 g/mol. The summed E-state index contributed by atoms with van der Waals surface area (Å²) < 4.78 is 0. The number of hydrogen-bond acceptors (Lipinski definition) is 3. The van der Waals surface area contributed by atoms with Crippen molar-refractivity contribution >= 4 is 11.4 Å². The molecule has 0 aliphatic heterocycles. The van der Waals surface area contributed by atoms with Crippen LogP contribution in [0.3, 0.4) is 0 Å². The zero-order chi connectivity index (χ0) is 13.8. The molecule has 0 aliphatic rings. The first-order chi connectivity index (χ1) is 9.17. The quantitative estimate of drug-likeness (QED) is 0.824. The number of benzene rings is 2. The summed E-state index contributed by atoms with van der Waals surface area (Å²) in [5.41, 5.74) is 9.84. The number of aromatic hydroxyl groups is 1. The fraction of sp³-hybridized carbons (Fsp3) is 0.250. The van der Waals surface area contributed by atoms with Crippen LogP contribution < -0.4 is 10.6 Å². The van der Waals surface area contributed by atoms with Gasteiger partial charge in [-0.05, 0) is 37.6 Å². The Hall–Kier alpha value is -2.16. The SMILES string of the molecule is CCN(CC)c1[c]ccc(N)c1-c1ccc(O)cc1. The maximum Gasteiger partial charge on any atom is 0.115 e. The van der Waals surface area contributed by atoms with Gasteiger partial charge in [-0.1, -0.05) is 18.2 Å². The Kier molecular flexibility index (Phi) is 3.95. The Labute approximate surface area is 114 Å². The molecule has 99 valence electrons. The number of nitrogen functional groups attached to an aromatic ring is 1. The molecule has 2 aromatic carbocycles. The number of phenols is 1. The van der Waals surface area contributed by atoms with E-state index >= 15 is 0 Å². The summed E-state index contributed by atoms with van der Waals surface area (Å²) in [5, 5.41) is 9.39. The van der Waals surface area contributed by atoms with Crippen molar-refractivity contribution in [2.24, 2.45) is 0 Å². The van der Waals surface area contributed by atoms with Gasteiger partial charge < -0.3 is 15.7 Å². The van der Waals surface area contributed by atoms with Crippen molar-refractivity contribution < 1.29 is 5.11 Å². The first-order valence-corrected chi connectivity index (χ1v) is 6.51. The van der Waals surface area contributed by atoms with Gasteiger partial charge in [-0.15, -0.1) is 0 Å². The molecule has 0 aromatic heterocycles. The van der Waals surface area contributed by atoms with Gasteiger partial charge in [0.05, 0.1) is 5.69 Å². The summed E-state index contributed by atoms with van der Waals surface area (Å²) in [6, 6.07) is 14.1. The van der Waals surface area contributed by atoms with Crippen molar-refractivity contribution in [3.8, 4) is 16.9 Å². The van der Waals surface area contributed by atoms with Crippen molar-refractivity contribution in [2.75, 3.05) is 23.7 Å². The Morgan fingerprint density at radius 3 is 2.32 bits per heavy atom. The summed E-state index contributed by atoms with van der Waals surface area (Å²) in [4.78, 5) is 2.22. The van der Waals surface area contributed by atoms with Crippen LogP contribution in [0.4, 0.5) is 11.4 Å². The van der Waals surface area contributed by atoms with Crippen LogP contribution in [0.2, 0.25) is 0 Å². The average molecular weight is 255 g/mol. The van der Waals surface area contributed by atoms with Crippen LogP contribution in [0.15, 0.2) is 36.4 Å². The molecular weight excluding hydrogens is 236 g/mol. The second-order valence-electron chi connectivity index (χ2n) is 4.38. The second kappa shape index (κ2) is 5.65. The molecule has 2 aromatic rings. The molecule has 0 unspecified atom stereocenters. The van der Waals surface area contributed by atoms with E-state index in [-0.39, 0.29) is 5.75 Å². The lowest BCUT2D eigenvalue weighted by molar-refractivity contribution is 0.475. The molecule has 0 aliphatic carbocycles. The van der Waals surface area contributed by atoms with Crippen molar-refractivity contribution in [1.82, 2.24) is 0 Å². The summed E-state index contributed by atoms with van der Waals surface area (Å²) in [5.74, 6) is 0.256. The fourth-order valence-electron chi connectivity index (χ4n) is 2.22. The molecule has 0 fully saturated rings. The van der Waals surface area contributed by atoms with E-state index in [1.54, 1.807) is 12.1 Å². The van der Waals surface area contributed by atoms with Gasteiger partial charge >= 0.3 is 0 Å². The van der Waals surface area contributed by atoms with Gasteiger partial charge in [0.2, 0.25) is 0 Å². The molecule has 0 amide bonds. The topological polar surface area (TPSA) is 49.5 Å². The van der Waals surface area contributed by atoms with Crippen molar-refractivity contribution in [3.05, 3.63) is 42.5 Å². The van der Waals surface area contributed by atoms with Crippen LogP contribution in [0.1, 0.15) is 13.8 Å². The fourth-order valence-corrected chi connectivity index (χ4v) is 2.22. The molecule has 19 heavy (non-hydrogen) atoms. The van der Waals surface area contributed by atoms with Crippen molar-refractivity contribution in [1.29, 1.82) is 0 Å². The minimum atomic E-state index is 0.256. The smallest absolute Gasteiger partial charge is 0.115 e. The standard InChI is InChI=1S/C16H19N2O/c1-3-18(4-2)15-7-5-6-14(17)16(15)12-8-10-13(19)11-9-12/h5-6,8-11,19H,3-4,17H2,1-2H3. The van der Waals surface area contributed by atoms with Crippen LogP contribution in [0.5, 0.6) is 5.75 Å². The number of nitrogens with zero attached hydrogens (tertiary/aromatic N) is 1. The van der Waals surface area contributed by atoms with Crippen LogP contribution >= 0.6 is 0 Å². The van der Waals surface area contributed by atoms with Crippen LogP contribution in [-0.4, -0.2) is 18.2 Å². The minimum Gasteiger partial charge on any atom is -0.508 e. The minimum absolute atomic E-state index is 0.256. The van der Waals surface area contributed by atoms with E-state index in [9.17, 15) is 5.11 Å². The Balaban J connectivity index is 2.57. The molecule has 3 N–H and O–H groups in total. The normalized spacial score (nSPS) is 10.4. The summed E-state index contributed by atoms with van der Waals surface area (Å²) in [6.07, 6.45) is 0. The highest BCUT2D eigenvalue weighted by molar-refractivity contribution is 5.87. The highest BCUT2D eigenvalue weighted by Crippen LogP contribution is 2.36. The van der Waals surface area contributed by atoms with E-state index in [1.165, 1.54) is 0 Å². The van der Waals surface area contributed by atoms with E-state index < -0.39 is 0 Å². The first-order valence-electron chi connectivity index (χ1n) is 6.51. The summed E-state index contributed by atoms with van der Waals surface area (Å²) in [7, 11) is 0. The molecular formula is C16H19N2O. The Morgan fingerprint density at radius 1 is 1.11 bits per heavy atom. The third kappa shape index (κ3) is 2.65. The number of nitrogens with two attached hydrogens (primary N) is 1. The van der Waals surface area contributed by atoms with E-state index in [0.717, 1.165) is 35.6 Å². The van der Waals surface area contributed by atoms with Gasteiger partial charge in [-0.2, -0.15) is 0 Å². The maximum absolute atomic E-state index is 9.39. The predicted octanol–water partition coefficient (Wildman–Crippen LogP) is 3.29. The first kappa shape index (κ1) is 13.3. The molecule has 0 saturated carbocycles. The third-order valence-corrected chi connectivity index (χ3v) is 3.24. The molecule has 0 bridgehead atoms. The summed E-state index contributed by atoms with van der Waals surface area (Å²) in [6.45, 7) is 6.03. The van der Waals surface area contributed by atoms with E-state index in [2.05, 4.69) is 24.8 Å². The maximum atomic E-state index is 9.39. The zero-order valence-corrected chi connectivity index (χ0v) is 11.4. The molecule has 3 nitrogen and oxygen atoms in total. The lowest BCUT2D eigenvalue weighted by Crippen LogP contribution is -2.22. The van der Waals surface area contributed by atoms with Gasteiger partial charge in [0.15, 0.2) is 0 Å². The van der Waals surface area contributed by atoms with Gasteiger partial charge in [0, 0.05) is 30.4 Å². The molecule has 0 heterocycles. The average Bonchev–Trinajstić information content (AvgIpc) is 2.42. The number of phenolic OH excluding ortho intramolecular Hbond substituents is 1. The molecule has 3 heteroatoms. The van der Waals surface area contributed by atoms with Crippen LogP contribution in [-0.2, 0) is 0 Å². The van der Waals surface area contributed by atoms with Crippen LogP contribution in [0.25, 0.3) is 11.1 Å². The third-order valence-electron chi connectivity index (χ3n) is 3.24. The van der Waals surface area contributed by atoms with Crippen LogP contribution in [0, 0.1) is 6.07 Å². The van der Waals surface area contributed by atoms with Gasteiger partial charge in [0.25, 0.3) is 0 Å². The number of rotatable bonds is 4. The predicted molar refractivity (Wildman–Crippen MR) is 80.4 cm³/mol. The molecule has 1 radical (unpaired) electrons. The van der Waals surface area contributed by atoms with E-state index in [4.69, 9.17) is 5.73 Å². The number of anilines is 2. The highest BCUT2D eigenvalue weighted by atomic mass is 16.3. The van der Waals surface area contributed by atoms with Gasteiger partial charge in [-0.3, -0.25) is 0 Å². The lowest BCUT2D eigenvalue weighted by atomic mass is 10.0. The molecule has 0 atom stereocenters. The van der Waals surface area contributed by atoms with Crippen molar-refractivity contribution in [2.45, 2.75) is 13.8 Å². The lowest BCUT2D eigenvalue weighted by Gasteiger charge is -2.25.